The van der Waals surface area contributed by atoms with Gasteiger partial charge in [0.15, 0.2) is 0 Å². The lowest BCUT2D eigenvalue weighted by atomic mass is 9.84. The molecule has 4 aliphatic rings. The molecule has 0 bridgehead atoms. The average Bonchev–Trinajstić information content (AvgIpc) is 3.42. The maximum Gasteiger partial charge on any atom is 0.255 e. The molecule has 2 saturated heterocycles. The summed E-state index contributed by atoms with van der Waals surface area (Å²) in [5, 5.41) is 17.7. The van der Waals surface area contributed by atoms with E-state index < -0.39 is 6.04 Å². The van der Waals surface area contributed by atoms with E-state index in [1.807, 2.05) is 48.7 Å². The number of benzene rings is 2. The largest absolute Gasteiger partial charge is 0.387 e. The number of rotatable bonds is 9. The fraction of sp³-hybridized carbons (Fsp3) is 0.444. The normalized spacial score (nSPS) is 24.3. The van der Waals surface area contributed by atoms with Crippen molar-refractivity contribution in [1.29, 1.82) is 5.41 Å². The summed E-state index contributed by atoms with van der Waals surface area (Å²) < 4.78 is 0. The predicted octanol–water partition coefficient (Wildman–Crippen LogP) is 4.11. The number of para-hydroxylation sites is 2. The predicted molar refractivity (Wildman–Crippen MR) is 181 cm³/mol. The van der Waals surface area contributed by atoms with Gasteiger partial charge in [-0.25, -0.2) is 4.98 Å². The first-order chi connectivity index (χ1) is 22.9. The molecule has 11 nitrogen and oxygen atoms in total. The number of hydrogen-bond acceptors (Lipinski definition) is 9. The Morgan fingerprint density at radius 1 is 0.979 bits per heavy atom. The molecule has 4 N–H and O–H groups in total. The highest BCUT2D eigenvalue weighted by molar-refractivity contribution is 6.08. The van der Waals surface area contributed by atoms with E-state index in [-0.39, 0.29) is 24.1 Å². The Bertz CT molecular complexity index is 1720. The second kappa shape index (κ2) is 13.6. The van der Waals surface area contributed by atoms with Gasteiger partial charge in [-0.15, -0.1) is 0 Å². The van der Waals surface area contributed by atoms with Gasteiger partial charge in [0.2, 0.25) is 11.8 Å². The monoisotopic (exact) mass is 634 g/mol. The maximum absolute atomic E-state index is 13.3. The van der Waals surface area contributed by atoms with E-state index in [0.717, 1.165) is 73.2 Å². The SMILES string of the molecule is N=C/C(=C\NC1CCN(CC2CCCC(Nc3cccc4c3CN(C3CCC(=O)NC3=O)C4=O)C2)CC1)c1cnc2ccccc2n1. The average molecular weight is 635 g/mol. The van der Waals surface area contributed by atoms with E-state index in [1.165, 1.54) is 19.1 Å². The minimum absolute atomic E-state index is 0.135. The van der Waals surface area contributed by atoms with E-state index in [1.54, 1.807) is 11.1 Å². The molecular formula is C36H42N8O3. The van der Waals surface area contributed by atoms with Gasteiger partial charge < -0.3 is 25.8 Å². The molecule has 3 unspecified atom stereocenters. The summed E-state index contributed by atoms with van der Waals surface area (Å²) in [6, 6.07) is 13.7. The van der Waals surface area contributed by atoms with Crippen LogP contribution in [-0.4, -0.2) is 81.5 Å². The highest BCUT2D eigenvalue weighted by atomic mass is 16.2. The highest BCUT2D eigenvalue weighted by Crippen LogP contribution is 2.35. The van der Waals surface area contributed by atoms with Crippen molar-refractivity contribution in [3.8, 4) is 0 Å². The van der Waals surface area contributed by atoms with Crippen molar-refractivity contribution in [2.75, 3.05) is 25.0 Å². The topological polar surface area (TPSA) is 143 Å². The summed E-state index contributed by atoms with van der Waals surface area (Å²) in [5.74, 6) is -0.177. The minimum Gasteiger partial charge on any atom is -0.387 e. The molecule has 47 heavy (non-hydrogen) atoms. The van der Waals surface area contributed by atoms with Gasteiger partial charge in [-0.3, -0.25) is 24.7 Å². The summed E-state index contributed by atoms with van der Waals surface area (Å²) >= 11 is 0. The van der Waals surface area contributed by atoms with E-state index >= 15 is 0 Å². The van der Waals surface area contributed by atoms with E-state index in [2.05, 4.69) is 25.8 Å². The van der Waals surface area contributed by atoms with Crippen LogP contribution in [0.3, 0.4) is 0 Å². The lowest BCUT2D eigenvalue weighted by Gasteiger charge is -2.37. The second-order valence-electron chi connectivity index (χ2n) is 13.3. The first-order valence-electron chi connectivity index (χ1n) is 16.9. The van der Waals surface area contributed by atoms with Gasteiger partial charge in [-0.05, 0) is 68.7 Å². The molecule has 3 aromatic rings. The fourth-order valence-electron chi connectivity index (χ4n) is 7.67. The molecule has 4 heterocycles. The van der Waals surface area contributed by atoms with Gasteiger partial charge in [0, 0.05) is 79.5 Å². The zero-order valence-corrected chi connectivity index (χ0v) is 26.6. The first-order valence-corrected chi connectivity index (χ1v) is 16.9. The van der Waals surface area contributed by atoms with Crippen LogP contribution >= 0.6 is 0 Å². The number of aromatic nitrogens is 2. The summed E-state index contributed by atoms with van der Waals surface area (Å²) in [7, 11) is 0. The molecule has 11 heteroatoms. The van der Waals surface area contributed by atoms with Crippen LogP contribution in [0.1, 0.15) is 73.0 Å². The number of carbonyl (C=O) groups excluding carboxylic acids is 3. The van der Waals surface area contributed by atoms with Crippen molar-refractivity contribution in [3.05, 3.63) is 71.7 Å². The Morgan fingerprint density at radius 3 is 2.62 bits per heavy atom. The van der Waals surface area contributed by atoms with Crippen molar-refractivity contribution in [2.24, 2.45) is 5.92 Å². The first kappa shape index (κ1) is 31.0. The maximum atomic E-state index is 13.3. The van der Waals surface area contributed by atoms with Gasteiger partial charge in [-0.1, -0.05) is 24.6 Å². The molecule has 3 amide bonds. The molecule has 3 atom stereocenters. The van der Waals surface area contributed by atoms with Crippen molar-refractivity contribution < 1.29 is 14.4 Å². The van der Waals surface area contributed by atoms with E-state index in [0.29, 0.717) is 42.2 Å². The zero-order chi connectivity index (χ0) is 32.3. The van der Waals surface area contributed by atoms with Crippen LogP contribution in [-0.2, 0) is 16.1 Å². The van der Waals surface area contributed by atoms with Gasteiger partial charge in [-0.2, -0.15) is 0 Å². The number of imide groups is 1. The van der Waals surface area contributed by atoms with Gasteiger partial charge in [0.25, 0.3) is 5.91 Å². The molecule has 2 aromatic carbocycles. The van der Waals surface area contributed by atoms with E-state index in [9.17, 15) is 14.4 Å². The van der Waals surface area contributed by atoms with Crippen LogP contribution < -0.4 is 16.0 Å². The zero-order valence-electron chi connectivity index (χ0n) is 26.6. The number of nitrogens with one attached hydrogen (secondary N) is 4. The summed E-state index contributed by atoms with van der Waals surface area (Å²) in [6.07, 6.45) is 12.3. The molecule has 1 aliphatic carbocycles. The Hall–Kier alpha value is -4.64. The van der Waals surface area contributed by atoms with Crippen LogP contribution in [0, 0.1) is 11.3 Å². The van der Waals surface area contributed by atoms with Gasteiger partial charge in [0.1, 0.15) is 6.04 Å². The number of allylic oxidation sites excluding steroid dienone is 1. The fourth-order valence-corrected chi connectivity index (χ4v) is 7.67. The van der Waals surface area contributed by atoms with Crippen LogP contribution in [0.4, 0.5) is 5.69 Å². The summed E-state index contributed by atoms with van der Waals surface area (Å²) in [5.41, 5.74) is 5.68. The third-order valence-corrected chi connectivity index (χ3v) is 10.2. The van der Waals surface area contributed by atoms with E-state index in [4.69, 9.17) is 10.4 Å². The number of amides is 3. The van der Waals surface area contributed by atoms with Crippen LogP contribution in [0.15, 0.2) is 54.9 Å². The Labute approximate surface area is 274 Å². The number of nitrogens with zero attached hydrogens (tertiary/aromatic N) is 4. The van der Waals surface area contributed by atoms with Crippen molar-refractivity contribution in [1.82, 2.24) is 30.4 Å². The Balaban J connectivity index is 0.906. The smallest absolute Gasteiger partial charge is 0.255 e. The summed E-state index contributed by atoms with van der Waals surface area (Å²) in [4.78, 5) is 50.8. The molecule has 3 fully saturated rings. The number of anilines is 1. The standard InChI is InChI=1S/C36H42N8O3/c37-18-24(32-20-39-30-8-1-2-9-31(30)41-32)19-38-25-13-15-43(16-14-25)21-23-5-3-6-26(17-23)40-29-10-4-7-27-28(29)22-44(36(27)47)33-11-12-34(45)42-35(33)46/h1-2,4,7-10,18-20,23,25-26,33,37-38,40H,3,5-6,11-17,21-22H2,(H,42,45,46)/b24-19+,37-18?. The minimum atomic E-state index is -0.605. The van der Waals surface area contributed by atoms with Crippen molar-refractivity contribution in [3.63, 3.8) is 0 Å². The van der Waals surface area contributed by atoms with Gasteiger partial charge in [0.05, 0.1) is 22.9 Å². The number of fused-ring (bicyclic) bond motifs is 2. The molecular weight excluding hydrogens is 592 g/mol. The molecule has 1 aromatic heterocycles. The third kappa shape index (κ3) is 6.76. The van der Waals surface area contributed by atoms with Crippen LogP contribution in [0.5, 0.6) is 0 Å². The highest BCUT2D eigenvalue weighted by Gasteiger charge is 2.40. The Morgan fingerprint density at radius 2 is 1.81 bits per heavy atom. The second-order valence-corrected chi connectivity index (χ2v) is 13.3. The molecule has 1 saturated carbocycles. The number of hydrogen-bond donors (Lipinski definition) is 4. The summed E-state index contributed by atoms with van der Waals surface area (Å²) in [6.45, 7) is 3.56. The van der Waals surface area contributed by atoms with Crippen molar-refractivity contribution in [2.45, 2.75) is 76.0 Å². The molecule has 3 aliphatic heterocycles. The van der Waals surface area contributed by atoms with Crippen molar-refractivity contribution >= 4 is 46.2 Å². The van der Waals surface area contributed by atoms with Crippen LogP contribution in [0.2, 0.25) is 0 Å². The van der Waals surface area contributed by atoms with Crippen LogP contribution in [0.25, 0.3) is 16.6 Å². The van der Waals surface area contributed by atoms with Gasteiger partial charge >= 0.3 is 0 Å². The molecule has 7 rings (SSSR count). The number of piperidine rings is 2. The Kier molecular flexibility index (Phi) is 8.97. The quantitative estimate of drug-likeness (QED) is 0.204. The lowest BCUT2D eigenvalue weighted by Crippen LogP contribution is -2.52. The molecule has 0 radical (unpaired) electrons. The number of carbonyl (C=O) groups is 3. The number of likely N-dealkylation sites (tertiary alicyclic amines) is 1. The third-order valence-electron chi connectivity index (χ3n) is 10.2. The lowest BCUT2D eigenvalue weighted by molar-refractivity contribution is -0.136. The molecule has 0 spiro atoms. The molecule has 244 valence electrons.